The summed E-state index contributed by atoms with van der Waals surface area (Å²) in [6, 6.07) is 15.2. The zero-order valence-corrected chi connectivity index (χ0v) is 14.9. The number of benzene rings is 2. The van der Waals surface area contributed by atoms with Crippen LogP contribution >= 0.6 is 15.9 Å². The number of hydrogen-bond acceptors (Lipinski definition) is 3. The molecule has 3 rings (SSSR count). The van der Waals surface area contributed by atoms with E-state index in [1.807, 2.05) is 48.5 Å². The van der Waals surface area contributed by atoms with Crippen LogP contribution in [0.25, 0.3) is 0 Å². The molecular weight excluding hydrogens is 370 g/mol. The number of piperidine rings is 1. The highest BCUT2D eigenvalue weighted by atomic mass is 79.9. The van der Waals surface area contributed by atoms with Gasteiger partial charge in [-0.3, -0.25) is 9.69 Å². The lowest BCUT2D eigenvalue weighted by Crippen LogP contribution is -2.43. The Hall–Kier alpha value is -1.85. The molecule has 1 aliphatic heterocycles. The summed E-state index contributed by atoms with van der Waals surface area (Å²) < 4.78 is 6.80. The van der Waals surface area contributed by atoms with Crippen molar-refractivity contribution in [3.63, 3.8) is 0 Å². The molecule has 0 spiro atoms. The van der Waals surface area contributed by atoms with Crippen molar-refractivity contribution in [2.75, 3.05) is 6.54 Å². The van der Waals surface area contributed by atoms with Crippen molar-refractivity contribution in [1.29, 1.82) is 0 Å². The number of nitrogens with zero attached hydrogens (tertiary/aromatic N) is 1. The van der Waals surface area contributed by atoms with E-state index >= 15 is 0 Å². The van der Waals surface area contributed by atoms with Crippen molar-refractivity contribution in [3.8, 4) is 11.5 Å². The zero-order valence-electron chi connectivity index (χ0n) is 13.3. The first kappa shape index (κ1) is 17.0. The molecule has 1 heterocycles. The summed E-state index contributed by atoms with van der Waals surface area (Å²) in [4.78, 5) is 13.4. The predicted molar refractivity (Wildman–Crippen MR) is 96.3 cm³/mol. The van der Waals surface area contributed by atoms with E-state index in [1.54, 1.807) is 0 Å². The average molecular weight is 390 g/mol. The van der Waals surface area contributed by atoms with Gasteiger partial charge in [-0.25, -0.2) is 0 Å². The molecule has 1 atom stereocenters. The molecule has 1 fully saturated rings. The number of rotatable bonds is 5. The van der Waals surface area contributed by atoms with Crippen LogP contribution in [-0.2, 0) is 11.3 Å². The van der Waals surface area contributed by atoms with E-state index in [-0.39, 0.29) is 6.04 Å². The van der Waals surface area contributed by atoms with Gasteiger partial charge < -0.3 is 9.84 Å². The zero-order chi connectivity index (χ0) is 16.9. The highest BCUT2D eigenvalue weighted by Gasteiger charge is 2.28. The quantitative estimate of drug-likeness (QED) is 0.806. The molecular formula is C19H20BrNO3. The molecule has 0 saturated carbocycles. The van der Waals surface area contributed by atoms with Crippen molar-refractivity contribution >= 4 is 21.9 Å². The molecule has 24 heavy (non-hydrogen) atoms. The molecule has 5 heteroatoms. The van der Waals surface area contributed by atoms with Crippen LogP contribution in [-0.4, -0.2) is 28.6 Å². The molecule has 0 amide bonds. The molecule has 4 nitrogen and oxygen atoms in total. The van der Waals surface area contributed by atoms with Gasteiger partial charge in [0, 0.05) is 11.0 Å². The third-order valence-corrected chi connectivity index (χ3v) is 4.73. The lowest BCUT2D eigenvalue weighted by Gasteiger charge is -2.32. The van der Waals surface area contributed by atoms with Crippen LogP contribution in [0.5, 0.6) is 11.5 Å². The maximum atomic E-state index is 11.4. The number of aliphatic carboxylic acids is 1. The highest BCUT2D eigenvalue weighted by molar-refractivity contribution is 9.10. The normalized spacial score (nSPS) is 18.3. The van der Waals surface area contributed by atoms with Crippen LogP contribution in [0.2, 0.25) is 0 Å². The van der Waals surface area contributed by atoms with E-state index in [9.17, 15) is 9.90 Å². The number of carbonyl (C=O) groups is 1. The molecule has 2 aromatic rings. The predicted octanol–water partition coefficient (Wildman–Crippen LogP) is 4.68. The third kappa shape index (κ3) is 4.36. The smallest absolute Gasteiger partial charge is 0.320 e. The second-order valence-electron chi connectivity index (χ2n) is 6.02. The fourth-order valence-corrected chi connectivity index (χ4v) is 3.40. The Kier molecular flexibility index (Phi) is 5.53. The first-order valence-electron chi connectivity index (χ1n) is 8.11. The molecule has 0 bridgehead atoms. The molecule has 0 aromatic heterocycles. The van der Waals surface area contributed by atoms with E-state index in [1.165, 1.54) is 0 Å². The van der Waals surface area contributed by atoms with E-state index in [0.29, 0.717) is 6.54 Å². The topological polar surface area (TPSA) is 49.8 Å². The fraction of sp³-hybridized carbons (Fsp3) is 0.316. The Labute approximate surface area is 150 Å². The Morgan fingerprint density at radius 3 is 2.67 bits per heavy atom. The minimum Gasteiger partial charge on any atom is -0.480 e. The van der Waals surface area contributed by atoms with Gasteiger partial charge in [-0.2, -0.15) is 0 Å². The van der Waals surface area contributed by atoms with E-state index in [0.717, 1.165) is 47.3 Å². The van der Waals surface area contributed by atoms with E-state index in [2.05, 4.69) is 20.8 Å². The van der Waals surface area contributed by atoms with Crippen LogP contribution < -0.4 is 4.74 Å². The summed E-state index contributed by atoms with van der Waals surface area (Å²) in [5.74, 6) is 0.827. The summed E-state index contributed by atoms with van der Waals surface area (Å²) in [5.41, 5.74) is 1.10. The standard InChI is InChI=1S/C19H20BrNO3/c20-15-4-3-5-17(12-15)24-16-9-7-14(8-10-16)13-21-11-2-1-6-18(21)19(22)23/h3-5,7-10,12,18H,1-2,6,11,13H2,(H,22,23). The fourth-order valence-electron chi connectivity index (χ4n) is 3.02. The molecule has 2 aromatic carbocycles. The first-order chi connectivity index (χ1) is 11.6. The minimum absolute atomic E-state index is 0.364. The van der Waals surface area contributed by atoms with Crippen molar-refractivity contribution < 1.29 is 14.6 Å². The van der Waals surface area contributed by atoms with Gasteiger partial charge in [0.2, 0.25) is 0 Å². The maximum Gasteiger partial charge on any atom is 0.320 e. The van der Waals surface area contributed by atoms with Gasteiger partial charge in [0.05, 0.1) is 0 Å². The second-order valence-corrected chi connectivity index (χ2v) is 6.94. The minimum atomic E-state index is -0.718. The maximum absolute atomic E-state index is 11.4. The van der Waals surface area contributed by atoms with Gasteiger partial charge in [0.15, 0.2) is 0 Å². The number of hydrogen-bond donors (Lipinski definition) is 1. The molecule has 1 saturated heterocycles. The van der Waals surface area contributed by atoms with E-state index < -0.39 is 5.97 Å². The van der Waals surface area contributed by atoms with Gasteiger partial charge in [-0.1, -0.05) is 40.5 Å². The lowest BCUT2D eigenvalue weighted by atomic mass is 10.0. The van der Waals surface area contributed by atoms with Crippen molar-refractivity contribution in [2.24, 2.45) is 0 Å². The molecule has 1 N–H and O–H groups in total. The molecule has 126 valence electrons. The van der Waals surface area contributed by atoms with Gasteiger partial charge >= 0.3 is 5.97 Å². The third-order valence-electron chi connectivity index (χ3n) is 4.24. The Balaban J connectivity index is 1.64. The van der Waals surface area contributed by atoms with E-state index in [4.69, 9.17) is 4.74 Å². The molecule has 1 unspecified atom stereocenters. The molecule has 0 radical (unpaired) electrons. The Bertz CT molecular complexity index is 702. The summed E-state index contributed by atoms with van der Waals surface area (Å²) >= 11 is 3.43. The molecule has 1 aliphatic rings. The first-order valence-corrected chi connectivity index (χ1v) is 8.90. The van der Waals surface area contributed by atoms with Gasteiger partial charge in [0.1, 0.15) is 17.5 Å². The number of ether oxygens (including phenoxy) is 1. The highest BCUT2D eigenvalue weighted by Crippen LogP contribution is 2.25. The monoisotopic (exact) mass is 389 g/mol. The lowest BCUT2D eigenvalue weighted by molar-refractivity contribution is -0.144. The summed E-state index contributed by atoms with van der Waals surface area (Å²) in [6.07, 6.45) is 2.79. The molecule has 0 aliphatic carbocycles. The Morgan fingerprint density at radius 1 is 1.17 bits per heavy atom. The number of carboxylic acid groups (broad SMARTS) is 1. The van der Waals surface area contributed by atoms with Crippen LogP contribution in [0.3, 0.4) is 0 Å². The second kappa shape index (κ2) is 7.81. The summed E-state index contributed by atoms with van der Waals surface area (Å²) in [5, 5.41) is 9.35. The summed E-state index contributed by atoms with van der Waals surface area (Å²) in [6.45, 7) is 1.50. The number of carboxylic acids is 1. The van der Waals surface area contributed by atoms with Crippen LogP contribution in [0.4, 0.5) is 0 Å². The van der Waals surface area contributed by atoms with Crippen LogP contribution in [0, 0.1) is 0 Å². The Morgan fingerprint density at radius 2 is 1.96 bits per heavy atom. The van der Waals surface area contributed by atoms with Crippen LogP contribution in [0.15, 0.2) is 53.0 Å². The van der Waals surface area contributed by atoms with Gasteiger partial charge in [-0.15, -0.1) is 0 Å². The van der Waals surface area contributed by atoms with Crippen molar-refractivity contribution in [3.05, 3.63) is 58.6 Å². The largest absolute Gasteiger partial charge is 0.480 e. The summed E-state index contributed by atoms with van der Waals surface area (Å²) in [7, 11) is 0. The number of halogens is 1. The van der Waals surface area contributed by atoms with Gasteiger partial charge in [0.25, 0.3) is 0 Å². The van der Waals surface area contributed by atoms with Crippen molar-refractivity contribution in [1.82, 2.24) is 4.90 Å². The van der Waals surface area contributed by atoms with Gasteiger partial charge in [-0.05, 0) is 55.3 Å². The van der Waals surface area contributed by atoms with Crippen LogP contribution in [0.1, 0.15) is 24.8 Å². The average Bonchev–Trinajstić information content (AvgIpc) is 2.57. The van der Waals surface area contributed by atoms with Crippen molar-refractivity contribution in [2.45, 2.75) is 31.8 Å². The number of likely N-dealkylation sites (tertiary alicyclic amines) is 1. The SMILES string of the molecule is O=C(O)C1CCCCN1Cc1ccc(Oc2cccc(Br)c2)cc1.